The summed E-state index contributed by atoms with van der Waals surface area (Å²) in [6.45, 7) is 2.11. The number of fused-ring (bicyclic) bond motifs is 1. The van der Waals surface area contributed by atoms with Crippen molar-refractivity contribution in [3.05, 3.63) is 41.8 Å². The van der Waals surface area contributed by atoms with Crippen LogP contribution >= 0.6 is 0 Å². The molecule has 11 heteroatoms. The first-order valence-corrected chi connectivity index (χ1v) is 16.6. The zero-order valence-electron chi connectivity index (χ0n) is 28.0. The molecule has 0 spiro atoms. The van der Waals surface area contributed by atoms with Crippen LogP contribution in [0.3, 0.4) is 0 Å². The Morgan fingerprint density at radius 2 is 1.24 bits per heavy atom. The molecular formula is C34H62N5O6. The first kappa shape index (κ1) is 42.4. The molecule has 2 fully saturated rings. The molecule has 1 aromatic carbocycles. The molecule has 0 bridgehead atoms. The number of aliphatic carboxylic acids is 3. The summed E-state index contributed by atoms with van der Waals surface area (Å²) < 4.78 is 0. The van der Waals surface area contributed by atoms with Crippen LogP contribution in [0.15, 0.2) is 24.3 Å². The Morgan fingerprint density at radius 3 is 1.56 bits per heavy atom. The van der Waals surface area contributed by atoms with E-state index in [2.05, 4.69) is 41.7 Å². The van der Waals surface area contributed by atoms with Crippen molar-refractivity contribution >= 4 is 17.9 Å². The number of rotatable bonds is 10. The molecule has 2 atom stereocenters. The van der Waals surface area contributed by atoms with E-state index in [0.29, 0.717) is 13.0 Å². The SMILES string of the molecule is C1CCC(NC2CCCCC2)CC1.CCCC[C@H](N)C(=O)O.CN(C)C[C@H](N)C(=O)O.NCC(=O)O.[CH]1Cc2ccccc2C1. The van der Waals surface area contributed by atoms with Crippen molar-refractivity contribution in [1.29, 1.82) is 0 Å². The second kappa shape index (κ2) is 26.6. The number of nitrogens with two attached hydrogens (primary N) is 3. The van der Waals surface area contributed by atoms with Crippen LogP contribution in [0.4, 0.5) is 0 Å². The van der Waals surface area contributed by atoms with Crippen LogP contribution < -0.4 is 22.5 Å². The third-order valence-electron chi connectivity index (χ3n) is 7.77. The monoisotopic (exact) mass is 636 g/mol. The van der Waals surface area contributed by atoms with Crippen molar-refractivity contribution in [2.24, 2.45) is 17.2 Å². The quantitative estimate of drug-likeness (QED) is 0.197. The van der Waals surface area contributed by atoms with Gasteiger partial charge in [-0.2, -0.15) is 0 Å². The molecular weight excluding hydrogens is 574 g/mol. The molecule has 259 valence electrons. The Hall–Kier alpha value is -2.57. The van der Waals surface area contributed by atoms with Crippen LogP contribution in [-0.2, 0) is 27.2 Å². The average molecular weight is 637 g/mol. The van der Waals surface area contributed by atoms with Gasteiger partial charge in [0.1, 0.15) is 12.1 Å². The maximum Gasteiger partial charge on any atom is 0.321 e. The number of carboxylic acid groups (broad SMARTS) is 3. The number of hydrogen-bond acceptors (Lipinski definition) is 8. The van der Waals surface area contributed by atoms with E-state index in [-0.39, 0.29) is 6.54 Å². The predicted octanol–water partition coefficient (Wildman–Crippen LogP) is 3.81. The summed E-state index contributed by atoms with van der Waals surface area (Å²) in [5, 5.41) is 28.0. The van der Waals surface area contributed by atoms with Crippen LogP contribution in [0.25, 0.3) is 0 Å². The summed E-state index contributed by atoms with van der Waals surface area (Å²) in [7, 11) is 3.56. The fraction of sp³-hybridized carbons (Fsp3) is 0.706. The maximum absolute atomic E-state index is 10.1. The molecule has 3 aliphatic carbocycles. The highest BCUT2D eigenvalue weighted by molar-refractivity contribution is 5.73. The van der Waals surface area contributed by atoms with Gasteiger partial charge in [-0.15, -0.1) is 0 Å². The summed E-state index contributed by atoms with van der Waals surface area (Å²) in [4.78, 5) is 31.1. The van der Waals surface area contributed by atoms with Crippen LogP contribution in [-0.4, -0.2) is 89.5 Å². The lowest BCUT2D eigenvalue weighted by molar-refractivity contribution is -0.139. The molecule has 4 rings (SSSR count). The second-order valence-corrected chi connectivity index (χ2v) is 12.2. The van der Waals surface area contributed by atoms with Gasteiger partial charge in [-0.3, -0.25) is 14.4 Å². The number of likely N-dealkylation sites (N-methyl/N-ethyl adjacent to an activating group) is 1. The Balaban J connectivity index is 0.000000554. The molecule has 0 unspecified atom stereocenters. The van der Waals surface area contributed by atoms with E-state index in [1.54, 1.807) is 19.0 Å². The number of hydrogen-bond donors (Lipinski definition) is 7. The highest BCUT2D eigenvalue weighted by Crippen LogP contribution is 2.22. The summed E-state index contributed by atoms with van der Waals surface area (Å²) in [6, 6.07) is 8.95. The van der Waals surface area contributed by atoms with E-state index < -0.39 is 30.0 Å². The van der Waals surface area contributed by atoms with E-state index in [0.717, 1.165) is 24.9 Å². The van der Waals surface area contributed by atoms with Gasteiger partial charge in [0.15, 0.2) is 0 Å². The van der Waals surface area contributed by atoms with E-state index in [1.165, 1.54) is 88.2 Å². The first-order valence-electron chi connectivity index (χ1n) is 16.6. The Labute approximate surface area is 271 Å². The number of nitrogens with zero attached hydrogens (tertiary/aromatic N) is 1. The molecule has 1 radical (unpaired) electrons. The lowest BCUT2D eigenvalue weighted by atomic mass is 9.91. The molecule has 0 aliphatic heterocycles. The number of unbranched alkanes of at least 4 members (excludes halogenated alkanes) is 1. The van der Waals surface area contributed by atoms with Crippen molar-refractivity contribution in [3.63, 3.8) is 0 Å². The fourth-order valence-electron chi connectivity index (χ4n) is 5.23. The highest BCUT2D eigenvalue weighted by Gasteiger charge is 2.19. The van der Waals surface area contributed by atoms with Gasteiger partial charge in [0.05, 0.1) is 6.54 Å². The number of carbonyl (C=O) groups is 3. The van der Waals surface area contributed by atoms with E-state index in [1.807, 2.05) is 6.92 Å². The molecule has 10 N–H and O–H groups in total. The maximum atomic E-state index is 10.1. The number of nitrogens with one attached hydrogen (secondary N) is 1. The van der Waals surface area contributed by atoms with Crippen molar-refractivity contribution < 1.29 is 29.7 Å². The Morgan fingerprint density at radius 1 is 0.822 bits per heavy atom. The average Bonchev–Trinajstić information content (AvgIpc) is 3.51. The summed E-state index contributed by atoms with van der Waals surface area (Å²) in [6.07, 6.45) is 21.7. The second-order valence-electron chi connectivity index (χ2n) is 12.2. The number of carboxylic acids is 3. The van der Waals surface area contributed by atoms with Gasteiger partial charge in [-0.05, 0) is 76.6 Å². The molecule has 0 aromatic heterocycles. The largest absolute Gasteiger partial charge is 0.480 e. The molecule has 0 heterocycles. The van der Waals surface area contributed by atoms with Gasteiger partial charge in [0, 0.05) is 18.6 Å². The van der Waals surface area contributed by atoms with Crippen molar-refractivity contribution in [2.45, 2.75) is 127 Å². The smallest absolute Gasteiger partial charge is 0.321 e. The Kier molecular flexibility index (Phi) is 25.1. The molecule has 3 aliphatic rings. The fourth-order valence-corrected chi connectivity index (χ4v) is 5.23. The van der Waals surface area contributed by atoms with Gasteiger partial charge in [0.2, 0.25) is 0 Å². The van der Waals surface area contributed by atoms with Gasteiger partial charge in [-0.25, -0.2) is 0 Å². The van der Waals surface area contributed by atoms with Gasteiger partial charge in [0.25, 0.3) is 0 Å². The third kappa shape index (κ3) is 23.4. The molecule has 2 saturated carbocycles. The zero-order valence-corrected chi connectivity index (χ0v) is 28.0. The summed E-state index contributed by atoms with van der Waals surface area (Å²) in [5.74, 6) is -2.82. The molecule has 0 saturated heterocycles. The van der Waals surface area contributed by atoms with Crippen molar-refractivity contribution in [2.75, 3.05) is 27.2 Å². The molecule has 11 nitrogen and oxygen atoms in total. The normalized spacial score (nSPS) is 17.3. The predicted molar refractivity (Wildman–Crippen MR) is 181 cm³/mol. The van der Waals surface area contributed by atoms with Gasteiger partial charge < -0.3 is 42.7 Å². The van der Waals surface area contributed by atoms with E-state index >= 15 is 0 Å². The minimum Gasteiger partial charge on any atom is -0.480 e. The summed E-state index contributed by atoms with van der Waals surface area (Å²) in [5.41, 5.74) is 18.0. The lowest BCUT2D eigenvalue weighted by Crippen LogP contribution is -2.40. The molecule has 45 heavy (non-hydrogen) atoms. The minimum atomic E-state index is -0.968. The van der Waals surface area contributed by atoms with Crippen LogP contribution in [0.5, 0.6) is 0 Å². The van der Waals surface area contributed by atoms with Crippen LogP contribution in [0.2, 0.25) is 0 Å². The van der Waals surface area contributed by atoms with Crippen LogP contribution in [0.1, 0.15) is 102 Å². The topological polar surface area (TPSA) is 205 Å². The molecule has 1 aromatic rings. The lowest BCUT2D eigenvalue weighted by Gasteiger charge is -2.30. The van der Waals surface area contributed by atoms with E-state index in [4.69, 9.17) is 26.8 Å². The first-order chi connectivity index (χ1) is 21.4. The van der Waals surface area contributed by atoms with Crippen LogP contribution in [0, 0.1) is 6.42 Å². The standard InChI is InChI=1S/C12H23N.C9H9.C6H13NO2.C5H12N2O2.C2H5NO2/c1-3-7-11(8-4-1)13-12-9-5-2-6-10-12;1-2-5-9-7-3-6-8(9)4-1;1-2-3-4-5(7)6(8)9;1-7(2)3-4(6)5(8)9;3-1-2(4)5/h11-13H,1-10H2;1-5H,6-7H2;5H,2-4,7H2,1H3,(H,8,9);4H,3,6H2,1-2H3,(H,8,9);1,3H2,(H,4,5)/t;;5-;4-;/m..00./s1. The van der Waals surface area contributed by atoms with Gasteiger partial charge >= 0.3 is 17.9 Å². The minimum absolute atomic E-state index is 0.278. The number of benzene rings is 1. The molecule has 0 amide bonds. The van der Waals surface area contributed by atoms with Gasteiger partial charge in [-0.1, -0.05) is 82.6 Å². The third-order valence-corrected chi connectivity index (χ3v) is 7.77. The van der Waals surface area contributed by atoms with E-state index in [9.17, 15) is 14.4 Å². The van der Waals surface area contributed by atoms with Crippen molar-refractivity contribution in [3.8, 4) is 0 Å². The highest BCUT2D eigenvalue weighted by atomic mass is 16.4. The van der Waals surface area contributed by atoms with Crippen molar-refractivity contribution in [1.82, 2.24) is 10.2 Å². The summed E-state index contributed by atoms with van der Waals surface area (Å²) >= 11 is 0. The Bertz CT molecular complexity index is 881. The zero-order chi connectivity index (χ0) is 34.0.